The molecule has 6 N–H and O–H groups in total. The molecule has 0 bridgehead atoms. The minimum absolute atomic E-state index is 0.0950. The van der Waals surface area contributed by atoms with Gasteiger partial charge in [0.2, 0.25) is 35.4 Å². The van der Waals surface area contributed by atoms with Crippen molar-refractivity contribution in [2.24, 2.45) is 0 Å². The SMILES string of the molecule is CN[C@@H](C)C(=O)N[C@@H](Cc1ccc(OCC=CCOc2ccc(C[C@H](NC(=O)[C@H](C)NC)C(=O)N3CCCC3C(=O)N[C@@H]3CCCc4ccccc43)cc2)cc1)C(=O)N1CCCC1C(=O)N[C@@H]1CCCc2ccccc21. The number of hydrogen-bond donors (Lipinski definition) is 6. The Bertz CT molecular complexity index is 2500. The maximum Gasteiger partial charge on any atom is 0.246 e. The van der Waals surface area contributed by atoms with Crippen LogP contribution in [0.25, 0.3) is 0 Å². The maximum atomic E-state index is 14.3. The van der Waals surface area contributed by atoms with Crippen LogP contribution in [0.1, 0.15) is 111 Å². The van der Waals surface area contributed by atoms with Crippen molar-refractivity contribution in [3.05, 3.63) is 143 Å². The van der Waals surface area contributed by atoms with Crippen molar-refractivity contribution in [1.29, 1.82) is 0 Å². The molecule has 6 amide bonds. The second-order valence-corrected chi connectivity index (χ2v) is 20.6. The first-order valence-electron chi connectivity index (χ1n) is 27.3. The average molecular weight is 1040 g/mol. The van der Waals surface area contributed by atoms with Crippen molar-refractivity contribution in [2.45, 2.75) is 139 Å². The number of nitrogens with one attached hydrogen (secondary N) is 6. The van der Waals surface area contributed by atoms with Crippen LogP contribution >= 0.6 is 0 Å². The molecule has 2 aliphatic carbocycles. The molecule has 8 atom stereocenters. The van der Waals surface area contributed by atoms with E-state index in [-0.39, 0.29) is 73.6 Å². The predicted octanol–water partition coefficient (Wildman–Crippen LogP) is 5.34. The number of fused-ring (bicyclic) bond motifs is 2. The second kappa shape index (κ2) is 26.6. The van der Waals surface area contributed by atoms with Crippen LogP contribution in [0, 0.1) is 0 Å². The van der Waals surface area contributed by atoms with E-state index in [1.165, 1.54) is 11.1 Å². The molecule has 0 saturated carbocycles. The van der Waals surface area contributed by atoms with Crippen LogP contribution in [0.4, 0.5) is 0 Å². The molecule has 2 saturated heterocycles. The van der Waals surface area contributed by atoms with E-state index >= 15 is 0 Å². The lowest BCUT2D eigenvalue weighted by molar-refractivity contribution is -0.141. The third-order valence-electron chi connectivity index (χ3n) is 15.5. The van der Waals surface area contributed by atoms with Crippen molar-refractivity contribution in [1.82, 2.24) is 41.7 Å². The van der Waals surface area contributed by atoms with E-state index < -0.39 is 36.3 Å². The monoisotopic (exact) mass is 1040 g/mol. The van der Waals surface area contributed by atoms with Crippen molar-refractivity contribution >= 4 is 35.4 Å². The van der Waals surface area contributed by atoms with Crippen LogP contribution in [-0.2, 0) is 54.5 Å². The fraction of sp³-hybridized carbons (Fsp3) is 0.467. The largest absolute Gasteiger partial charge is 0.490 e. The average Bonchev–Trinajstić information content (AvgIpc) is 4.16. The lowest BCUT2D eigenvalue weighted by Gasteiger charge is -2.32. The smallest absolute Gasteiger partial charge is 0.246 e. The zero-order chi connectivity index (χ0) is 53.6. The van der Waals surface area contributed by atoms with Crippen molar-refractivity contribution < 1.29 is 38.2 Å². The first kappa shape index (κ1) is 55.2. The molecule has 16 nitrogen and oxygen atoms in total. The fourth-order valence-electron chi connectivity index (χ4n) is 10.9. The molecule has 2 heterocycles. The van der Waals surface area contributed by atoms with Gasteiger partial charge in [-0.3, -0.25) is 28.8 Å². The van der Waals surface area contributed by atoms with Gasteiger partial charge in [-0.25, -0.2) is 0 Å². The number of benzene rings is 4. The molecular formula is C60H76N8O8. The Labute approximate surface area is 447 Å². The summed E-state index contributed by atoms with van der Waals surface area (Å²) in [6, 6.07) is 27.0. The molecule has 4 aromatic carbocycles. The van der Waals surface area contributed by atoms with Crippen LogP contribution < -0.4 is 41.4 Å². The van der Waals surface area contributed by atoms with E-state index in [0.29, 0.717) is 50.3 Å². The van der Waals surface area contributed by atoms with Crippen LogP contribution in [0.5, 0.6) is 11.5 Å². The Morgan fingerprint density at radius 3 is 1.33 bits per heavy atom. The normalized spacial score (nSPS) is 20.6. The van der Waals surface area contributed by atoms with Crippen molar-refractivity contribution in [3.8, 4) is 11.5 Å². The van der Waals surface area contributed by atoms with Gasteiger partial charge in [0.05, 0.1) is 24.2 Å². The van der Waals surface area contributed by atoms with Gasteiger partial charge < -0.3 is 51.2 Å². The summed E-state index contributed by atoms with van der Waals surface area (Å²) in [5, 5.41) is 18.3. The Morgan fingerprint density at radius 1 is 0.539 bits per heavy atom. The van der Waals surface area contributed by atoms with Gasteiger partial charge in [-0.15, -0.1) is 0 Å². The van der Waals surface area contributed by atoms with Gasteiger partial charge in [-0.1, -0.05) is 72.8 Å². The molecule has 76 heavy (non-hydrogen) atoms. The number of hydrogen-bond acceptors (Lipinski definition) is 10. The molecular weight excluding hydrogens is 961 g/mol. The molecule has 2 unspecified atom stereocenters. The van der Waals surface area contributed by atoms with E-state index in [4.69, 9.17) is 9.47 Å². The zero-order valence-corrected chi connectivity index (χ0v) is 44.5. The summed E-state index contributed by atoms with van der Waals surface area (Å²) in [6.45, 7) is 4.92. The van der Waals surface area contributed by atoms with Gasteiger partial charge in [0.15, 0.2) is 0 Å². The highest BCUT2D eigenvalue weighted by molar-refractivity contribution is 5.95. The lowest BCUT2D eigenvalue weighted by Crippen LogP contribution is -2.56. The topological polar surface area (TPSA) is 200 Å². The van der Waals surface area contributed by atoms with Gasteiger partial charge >= 0.3 is 0 Å². The molecule has 4 aliphatic rings. The molecule has 0 radical (unpaired) electrons. The number of rotatable bonds is 22. The fourth-order valence-corrected chi connectivity index (χ4v) is 10.9. The number of carbonyl (C=O) groups is 6. The molecule has 2 aliphatic heterocycles. The molecule has 0 aromatic heterocycles. The summed E-state index contributed by atoms with van der Waals surface area (Å²) >= 11 is 0. The van der Waals surface area contributed by atoms with Crippen LogP contribution in [0.15, 0.2) is 109 Å². The maximum absolute atomic E-state index is 14.3. The Balaban J connectivity index is 0.813. The second-order valence-electron chi connectivity index (χ2n) is 20.6. The molecule has 0 spiro atoms. The number of amides is 6. The zero-order valence-electron chi connectivity index (χ0n) is 44.5. The molecule has 8 rings (SSSR count). The number of aryl methyl sites for hydroxylation is 2. The lowest BCUT2D eigenvalue weighted by atomic mass is 9.87. The third kappa shape index (κ3) is 14.1. The summed E-state index contributed by atoms with van der Waals surface area (Å²) < 4.78 is 12.0. The Hall–Kier alpha value is -7.04. The first-order valence-corrected chi connectivity index (χ1v) is 27.3. The predicted molar refractivity (Wildman–Crippen MR) is 291 cm³/mol. The van der Waals surface area contributed by atoms with Gasteiger partial charge in [0, 0.05) is 25.9 Å². The van der Waals surface area contributed by atoms with Gasteiger partial charge in [-0.05, 0) is 162 Å². The summed E-state index contributed by atoms with van der Waals surface area (Å²) in [4.78, 5) is 85.8. The summed E-state index contributed by atoms with van der Waals surface area (Å²) in [5.74, 6) is -0.223. The van der Waals surface area contributed by atoms with E-state index in [0.717, 1.165) is 60.8 Å². The summed E-state index contributed by atoms with van der Waals surface area (Å²) in [7, 11) is 3.38. The van der Waals surface area contributed by atoms with Gasteiger partial charge in [-0.2, -0.15) is 0 Å². The molecule has 2 fully saturated rings. The van der Waals surface area contributed by atoms with E-state index in [2.05, 4.69) is 56.2 Å². The van der Waals surface area contributed by atoms with Crippen molar-refractivity contribution in [2.75, 3.05) is 40.4 Å². The summed E-state index contributed by atoms with van der Waals surface area (Å²) in [5.41, 5.74) is 6.43. The number of nitrogens with zero attached hydrogens (tertiary/aromatic N) is 2. The van der Waals surface area contributed by atoms with Crippen LogP contribution in [0.3, 0.4) is 0 Å². The number of likely N-dealkylation sites (tertiary alicyclic amines) is 2. The van der Waals surface area contributed by atoms with E-state index in [1.54, 1.807) is 37.7 Å². The van der Waals surface area contributed by atoms with E-state index in [9.17, 15) is 28.8 Å². The highest BCUT2D eigenvalue weighted by Crippen LogP contribution is 2.32. The minimum atomic E-state index is -0.876. The van der Waals surface area contributed by atoms with Gasteiger partial charge in [0.1, 0.15) is 48.9 Å². The molecule has 4 aromatic rings. The molecule has 404 valence electrons. The Kier molecular flexibility index (Phi) is 19.3. The standard InChI is InChI=1S/C60H76N8O8/c1-39(61-3)55(69)65-51(59(73)67-33-13-23-53(67)57(71)63-49-21-11-17-43-15-5-7-19-47(43)49)37-41-25-29-45(30-26-41)75-35-9-10-36-76-46-31-27-42(28-32-46)38-52(66-56(70)40(2)62-4)60(74)68-34-14-24-54(68)58(72)64-50-22-12-18-44-16-6-8-20-48(44)50/h5-10,15-16,19-20,25-32,39-40,49-54,61-62H,11-14,17-18,21-24,33-38H2,1-4H3,(H,63,71)(H,64,72)(H,65,69)(H,66,70)/t39-,40-,49+,50+,51-,52-,53?,54?/m0/s1. The third-order valence-corrected chi connectivity index (χ3v) is 15.5. The highest BCUT2D eigenvalue weighted by atomic mass is 16.5. The first-order chi connectivity index (χ1) is 36.9. The number of likely N-dealkylation sites (N-methyl/N-ethyl adjacent to an activating group) is 2. The quantitative estimate of drug-likeness (QED) is 0.0559. The number of carbonyl (C=O) groups excluding carboxylic acids is 6. The number of ether oxygens (including phenoxy) is 2. The van der Waals surface area contributed by atoms with Gasteiger partial charge in [0.25, 0.3) is 0 Å². The van der Waals surface area contributed by atoms with Crippen LogP contribution in [-0.4, -0.2) is 122 Å². The Morgan fingerprint density at radius 2 is 0.934 bits per heavy atom. The van der Waals surface area contributed by atoms with Crippen molar-refractivity contribution in [3.63, 3.8) is 0 Å². The van der Waals surface area contributed by atoms with E-state index in [1.807, 2.05) is 84.9 Å². The summed E-state index contributed by atoms with van der Waals surface area (Å²) in [6.07, 6.45) is 12.4. The molecule has 16 heteroatoms. The minimum Gasteiger partial charge on any atom is -0.490 e. The highest BCUT2D eigenvalue weighted by Gasteiger charge is 2.41. The van der Waals surface area contributed by atoms with Crippen LogP contribution in [0.2, 0.25) is 0 Å².